The van der Waals surface area contributed by atoms with Crippen LogP contribution in [0, 0.1) is 0 Å². The summed E-state index contributed by atoms with van der Waals surface area (Å²) in [4.78, 5) is 3.42. The standard InChI is InChI=1S/C7H4Cl2F3NO/c8-5-3-1-2-4-6(5)13(9)14-7(10,11)12/h1-4H. The van der Waals surface area contributed by atoms with Crippen LogP contribution in [0.4, 0.5) is 18.9 Å². The maximum Gasteiger partial charge on any atom is 0.545 e. The van der Waals surface area contributed by atoms with Crippen LogP contribution in [-0.4, -0.2) is 6.36 Å². The fraction of sp³-hybridized carbons (Fsp3) is 0.143. The van der Waals surface area contributed by atoms with Gasteiger partial charge in [0.1, 0.15) is 5.69 Å². The molecule has 0 heterocycles. The van der Waals surface area contributed by atoms with Crippen molar-refractivity contribution in [3.8, 4) is 0 Å². The van der Waals surface area contributed by atoms with Gasteiger partial charge in [-0.3, -0.25) is 0 Å². The van der Waals surface area contributed by atoms with E-state index in [1.807, 2.05) is 0 Å². The quantitative estimate of drug-likeness (QED) is 0.582. The first kappa shape index (κ1) is 11.4. The molecule has 0 aromatic heterocycles. The van der Waals surface area contributed by atoms with E-state index in [4.69, 9.17) is 23.4 Å². The van der Waals surface area contributed by atoms with Crippen LogP contribution in [0.1, 0.15) is 0 Å². The first-order chi connectivity index (χ1) is 6.40. The van der Waals surface area contributed by atoms with E-state index in [2.05, 4.69) is 4.84 Å². The third-order valence-corrected chi connectivity index (χ3v) is 1.80. The Morgan fingerprint density at radius 2 is 1.79 bits per heavy atom. The van der Waals surface area contributed by atoms with Crippen molar-refractivity contribution in [1.29, 1.82) is 0 Å². The fourth-order valence-corrected chi connectivity index (χ4v) is 1.22. The molecule has 0 bridgehead atoms. The van der Waals surface area contributed by atoms with Gasteiger partial charge < -0.3 is 0 Å². The number of nitrogens with zero attached hydrogens (tertiary/aromatic N) is 1. The lowest BCUT2D eigenvalue weighted by Crippen LogP contribution is -2.23. The van der Waals surface area contributed by atoms with Gasteiger partial charge in [0.2, 0.25) is 0 Å². The number of anilines is 1. The Morgan fingerprint density at radius 1 is 1.21 bits per heavy atom. The predicted octanol–water partition coefficient (Wildman–Crippen LogP) is 3.75. The topological polar surface area (TPSA) is 12.5 Å². The van der Waals surface area contributed by atoms with E-state index in [0.29, 0.717) is 0 Å². The van der Waals surface area contributed by atoms with Gasteiger partial charge in [-0.25, -0.2) is 0 Å². The molecule has 7 heteroatoms. The second kappa shape index (κ2) is 4.25. The lowest BCUT2D eigenvalue weighted by Gasteiger charge is -2.17. The highest BCUT2D eigenvalue weighted by Crippen LogP contribution is 2.30. The van der Waals surface area contributed by atoms with Crippen LogP contribution in [0.25, 0.3) is 0 Å². The molecule has 0 unspecified atom stereocenters. The molecule has 0 fully saturated rings. The zero-order chi connectivity index (χ0) is 10.8. The fourth-order valence-electron chi connectivity index (χ4n) is 0.734. The van der Waals surface area contributed by atoms with Gasteiger partial charge in [-0.2, -0.15) is 9.42 Å². The Hall–Kier alpha value is -0.650. The van der Waals surface area contributed by atoms with Crippen molar-refractivity contribution < 1.29 is 18.0 Å². The monoisotopic (exact) mass is 245 g/mol. The third kappa shape index (κ3) is 3.25. The molecule has 0 amide bonds. The molecule has 0 aliphatic carbocycles. The highest BCUT2D eigenvalue weighted by atomic mass is 35.5. The largest absolute Gasteiger partial charge is 0.545 e. The van der Waals surface area contributed by atoms with Crippen LogP contribution >= 0.6 is 23.4 Å². The zero-order valence-corrected chi connectivity index (χ0v) is 8.07. The molecule has 0 spiro atoms. The minimum Gasteiger partial charge on any atom is -0.156 e. The summed E-state index contributed by atoms with van der Waals surface area (Å²) in [6.45, 7) is 0. The van der Waals surface area contributed by atoms with Crippen LogP contribution in [0.15, 0.2) is 24.3 Å². The smallest absolute Gasteiger partial charge is 0.156 e. The summed E-state index contributed by atoms with van der Waals surface area (Å²) < 4.78 is 35.2. The average Bonchev–Trinajstić information content (AvgIpc) is 2.01. The molecule has 0 atom stereocenters. The van der Waals surface area contributed by atoms with Crippen molar-refractivity contribution in [1.82, 2.24) is 0 Å². The van der Waals surface area contributed by atoms with Gasteiger partial charge in [-0.1, -0.05) is 23.7 Å². The summed E-state index contributed by atoms with van der Waals surface area (Å²) in [5.41, 5.74) is -0.0758. The highest BCUT2D eigenvalue weighted by molar-refractivity contribution is 6.35. The van der Waals surface area contributed by atoms with Crippen LogP contribution < -0.4 is 4.58 Å². The second-order valence-corrected chi connectivity index (χ2v) is 2.95. The molecule has 0 saturated heterocycles. The molecular weight excluding hydrogens is 242 g/mol. The van der Waals surface area contributed by atoms with Crippen LogP contribution in [0.5, 0.6) is 0 Å². The number of benzene rings is 1. The Bertz CT molecular complexity index is 318. The normalized spacial score (nSPS) is 11.5. The minimum absolute atomic E-state index is 0.0440. The molecule has 1 aromatic carbocycles. The summed E-state index contributed by atoms with van der Waals surface area (Å²) in [5.74, 6) is 0. The number of alkyl halides is 3. The summed E-state index contributed by atoms with van der Waals surface area (Å²) in [7, 11) is 0. The van der Waals surface area contributed by atoms with E-state index in [9.17, 15) is 13.2 Å². The van der Waals surface area contributed by atoms with E-state index in [0.717, 1.165) is 0 Å². The second-order valence-electron chi connectivity index (χ2n) is 2.23. The van der Waals surface area contributed by atoms with Gasteiger partial charge in [0.25, 0.3) is 0 Å². The van der Waals surface area contributed by atoms with E-state index < -0.39 is 6.36 Å². The van der Waals surface area contributed by atoms with Crippen LogP contribution in [0.2, 0.25) is 5.02 Å². The first-order valence-electron chi connectivity index (χ1n) is 3.36. The number of rotatable bonds is 2. The Morgan fingerprint density at radius 3 is 2.29 bits per heavy atom. The zero-order valence-electron chi connectivity index (χ0n) is 6.55. The van der Waals surface area contributed by atoms with E-state index in [-0.39, 0.29) is 15.3 Å². The molecule has 1 aromatic rings. The van der Waals surface area contributed by atoms with Crippen molar-refractivity contribution in [3.05, 3.63) is 29.3 Å². The molecular formula is C7H4Cl2F3NO. The van der Waals surface area contributed by atoms with Gasteiger partial charge in [-0.05, 0) is 12.1 Å². The molecule has 2 nitrogen and oxygen atoms in total. The molecule has 0 saturated carbocycles. The molecule has 0 aliphatic rings. The van der Waals surface area contributed by atoms with E-state index >= 15 is 0 Å². The third-order valence-electron chi connectivity index (χ3n) is 1.23. The number of halogens is 5. The SMILES string of the molecule is FC(F)(F)ON(Cl)c1ccccc1Cl. The summed E-state index contributed by atoms with van der Waals surface area (Å²) in [6, 6.07) is 5.73. The molecule has 0 radical (unpaired) electrons. The number of para-hydroxylation sites is 1. The Balaban J connectivity index is 2.80. The van der Waals surface area contributed by atoms with E-state index in [1.165, 1.54) is 18.2 Å². The Labute approximate surface area is 87.8 Å². The summed E-state index contributed by atoms with van der Waals surface area (Å²) in [5, 5.41) is 0.0618. The maximum absolute atomic E-state index is 11.7. The average molecular weight is 246 g/mol. The van der Waals surface area contributed by atoms with Gasteiger partial charge in [0.05, 0.1) is 5.02 Å². The molecule has 78 valence electrons. The first-order valence-corrected chi connectivity index (χ1v) is 4.08. The summed E-state index contributed by atoms with van der Waals surface area (Å²) >= 11 is 10.8. The van der Waals surface area contributed by atoms with Gasteiger partial charge in [0.15, 0.2) is 0 Å². The van der Waals surface area contributed by atoms with Crippen molar-refractivity contribution in [2.45, 2.75) is 6.36 Å². The van der Waals surface area contributed by atoms with Crippen molar-refractivity contribution in [2.24, 2.45) is 0 Å². The van der Waals surface area contributed by atoms with E-state index in [1.54, 1.807) is 6.07 Å². The lowest BCUT2D eigenvalue weighted by atomic mass is 10.3. The minimum atomic E-state index is -4.85. The van der Waals surface area contributed by atoms with Gasteiger partial charge in [0, 0.05) is 11.8 Å². The van der Waals surface area contributed by atoms with Crippen LogP contribution in [0.3, 0.4) is 0 Å². The number of hydrogen-bond donors (Lipinski definition) is 0. The molecule has 14 heavy (non-hydrogen) atoms. The lowest BCUT2D eigenvalue weighted by molar-refractivity contribution is -0.322. The number of hydrogen-bond acceptors (Lipinski definition) is 2. The highest BCUT2D eigenvalue weighted by Gasteiger charge is 2.34. The van der Waals surface area contributed by atoms with Crippen molar-refractivity contribution >= 4 is 29.1 Å². The van der Waals surface area contributed by atoms with Crippen molar-refractivity contribution in [2.75, 3.05) is 4.58 Å². The Kier molecular flexibility index (Phi) is 3.47. The molecule has 0 aliphatic heterocycles. The van der Waals surface area contributed by atoms with Gasteiger partial charge >= 0.3 is 6.36 Å². The molecule has 0 N–H and O–H groups in total. The molecule has 1 rings (SSSR count). The van der Waals surface area contributed by atoms with Crippen molar-refractivity contribution in [3.63, 3.8) is 0 Å². The maximum atomic E-state index is 11.7. The van der Waals surface area contributed by atoms with Crippen LogP contribution in [-0.2, 0) is 4.84 Å². The predicted molar refractivity (Wildman–Crippen MR) is 46.9 cm³/mol. The summed E-state index contributed by atoms with van der Waals surface area (Å²) in [6.07, 6.45) is -4.85. The van der Waals surface area contributed by atoms with Gasteiger partial charge in [-0.15, -0.1) is 13.2 Å².